The van der Waals surface area contributed by atoms with Gasteiger partial charge in [0, 0.05) is 38.7 Å². The van der Waals surface area contributed by atoms with Gasteiger partial charge in [0.25, 0.3) is 0 Å². The lowest BCUT2D eigenvalue weighted by atomic mass is 9.41. The van der Waals surface area contributed by atoms with Gasteiger partial charge in [-0.25, -0.2) is 0 Å². The van der Waals surface area contributed by atoms with Crippen LogP contribution in [-0.2, 0) is 23.7 Å². The summed E-state index contributed by atoms with van der Waals surface area (Å²) in [6, 6.07) is 0. The van der Waals surface area contributed by atoms with Gasteiger partial charge in [0.15, 0.2) is 6.29 Å². The molecule has 5 aliphatic carbocycles. The number of rotatable bonds is 10. The second kappa shape index (κ2) is 13.4. The van der Waals surface area contributed by atoms with Crippen LogP contribution in [0.2, 0.25) is 0 Å². The lowest BCUT2D eigenvalue weighted by Gasteiger charge is -2.64. The summed E-state index contributed by atoms with van der Waals surface area (Å²) in [5.74, 6) is 2.29. The number of fused-ring (bicyclic) bond motifs is 2. The third-order valence-electron chi connectivity index (χ3n) is 17.4. The second-order valence-corrected chi connectivity index (χ2v) is 20.2. The first-order valence-electron chi connectivity index (χ1n) is 20.7. The fraction of sp³-hybridized carbons (Fsp3) is 0.976. The lowest BCUT2D eigenvalue weighted by Crippen LogP contribution is -2.60. The Morgan fingerprint density at radius 1 is 0.980 bits per heavy atom. The van der Waals surface area contributed by atoms with E-state index in [0.29, 0.717) is 61.6 Å². The molecular weight excluding hydrogens is 646 g/mol. The predicted octanol–water partition coefficient (Wildman–Crippen LogP) is 5.96. The van der Waals surface area contributed by atoms with E-state index in [1.54, 1.807) is 21.0 Å². The molecule has 7 aliphatic rings. The maximum absolute atomic E-state index is 13.3. The minimum absolute atomic E-state index is 0.00142. The van der Waals surface area contributed by atoms with Gasteiger partial charge in [0.2, 0.25) is 5.91 Å². The number of morpholine rings is 1. The molecule has 2 heterocycles. The van der Waals surface area contributed by atoms with Crippen molar-refractivity contribution in [2.24, 2.45) is 56.7 Å². The van der Waals surface area contributed by atoms with E-state index in [1.807, 2.05) is 4.90 Å². The second-order valence-electron chi connectivity index (χ2n) is 20.2. The molecule has 13 atom stereocenters. The summed E-state index contributed by atoms with van der Waals surface area (Å²) in [6.07, 6.45) is 10.1. The molecule has 0 aromatic heterocycles. The Hall–Kier alpha value is -0.810. The molecule has 3 N–H and O–H groups in total. The SMILES string of the molecule is COC(C[C@@H](C)[C@H]1C[C@H](O)[C@@]2(C)C3CC[C@H]4C(C)(C)C(O[C@H]5CN(C(=O)CC6CCOCC6)CCO5)CCC45CC35CCC12C)C(O)C(C)(C)O. The van der Waals surface area contributed by atoms with E-state index >= 15 is 0 Å². The number of carbonyl (C=O) groups is 1. The maximum Gasteiger partial charge on any atom is 0.223 e. The molecule has 7 unspecified atom stereocenters. The summed E-state index contributed by atoms with van der Waals surface area (Å²) < 4.78 is 24.3. The van der Waals surface area contributed by atoms with Gasteiger partial charge < -0.3 is 39.2 Å². The number of methoxy groups -OCH3 is 1. The molecule has 0 bridgehead atoms. The largest absolute Gasteiger partial charge is 0.393 e. The number of ether oxygens (including phenoxy) is 4. The van der Waals surface area contributed by atoms with Crippen LogP contribution in [0.3, 0.4) is 0 Å². The maximum atomic E-state index is 13.3. The zero-order chi connectivity index (χ0) is 36.8. The Kier molecular flexibility index (Phi) is 10.1. The molecule has 0 radical (unpaired) electrons. The summed E-state index contributed by atoms with van der Waals surface area (Å²) >= 11 is 0. The number of amides is 1. The topological polar surface area (TPSA) is 118 Å². The van der Waals surface area contributed by atoms with Gasteiger partial charge >= 0.3 is 0 Å². The van der Waals surface area contributed by atoms with Crippen LogP contribution < -0.4 is 0 Å². The number of hydrogen-bond donors (Lipinski definition) is 3. The molecule has 5 saturated carbocycles. The Labute approximate surface area is 307 Å². The average Bonchev–Trinajstić information content (AvgIpc) is 3.71. The highest BCUT2D eigenvalue weighted by atomic mass is 16.7. The quantitative estimate of drug-likeness (QED) is 0.254. The molecule has 2 spiro atoms. The van der Waals surface area contributed by atoms with Crippen molar-refractivity contribution in [1.29, 1.82) is 0 Å². The molecule has 2 saturated heterocycles. The van der Waals surface area contributed by atoms with Crippen LogP contribution in [-0.4, -0.2) is 102 Å². The van der Waals surface area contributed by atoms with Crippen LogP contribution in [0.25, 0.3) is 0 Å². The molecular formula is C42H71NO8. The molecule has 0 aromatic carbocycles. The first-order chi connectivity index (χ1) is 23.9. The number of nitrogens with zero attached hydrogens (tertiary/aromatic N) is 1. The molecule has 292 valence electrons. The Balaban J connectivity index is 1.03. The minimum Gasteiger partial charge on any atom is -0.393 e. The molecule has 9 heteroatoms. The van der Waals surface area contributed by atoms with Gasteiger partial charge in [-0.1, -0.05) is 34.6 Å². The summed E-state index contributed by atoms with van der Waals surface area (Å²) in [5.41, 5.74) is -0.817. The number of hydrogen-bond acceptors (Lipinski definition) is 8. The third kappa shape index (κ3) is 5.99. The van der Waals surface area contributed by atoms with Crippen LogP contribution in [0.1, 0.15) is 126 Å². The van der Waals surface area contributed by atoms with Crippen LogP contribution >= 0.6 is 0 Å². The van der Waals surface area contributed by atoms with E-state index in [4.69, 9.17) is 18.9 Å². The van der Waals surface area contributed by atoms with Crippen molar-refractivity contribution >= 4 is 5.91 Å². The lowest BCUT2D eigenvalue weighted by molar-refractivity contribution is -0.248. The van der Waals surface area contributed by atoms with Crippen LogP contribution in [0.5, 0.6) is 0 Å². The molecule has 7 rings (SSSR count). The highest BCUT2D eigenvalue weighted by Crippen LogP contribution is 2.89. The normalized spacial score (nSPS) is 45.5. The summed E-state index contributed by atoms with van der Waals surface area (Å²) in [7, 11) is 1.63. The fourth-order valence-electron chi connectivity index (χ4n) is 14.3. The van der Waals surface area contributed by atoms with Gasteiger partial charge in [-0.05, 0) is 136 Å². The van der Waals surface area contributed by atoms with E-state index < -0.39 is 17.8 Å². The van der Waals surface area contributed by atoms with Crippen molar-refractivity contribution in [2.75, 3.05) is 40.0 Å². The van der Waals surface area contributed by atoms with Crippen molar-refractivity contribution in [1.82, 2.24) is 4.90 Å². The highest BCUT2D eigenvalue weighted by Gasteiger charge is 2.83. The van der Waals surface area contributed by atoms with E-state index in [-0.39, 0.29) is 52.0 Å². The predicted molar refractivity (Wildman–Crippen MR) is 195 cm³/mol. The molecule has 0 aromatic rings. The standard InChI is InChI=1S/C42H71NO8/c1-26(21-29(48-8)36(46)38(4,5)47)28-23-32(44)40(7)31-10-9-30-37(2,3)33(11-14-41(30)25-42(31,41)16-15-39(28,40)6)51-35-24-43(17-20-50-35)34(45)22-27-12-18-49-19-13-27/h26-33,35-36,44,46-47H,9-25H2,1-8H3/t26-,28-,29?,30+,31?,32+,33?,35+,36?,39?,40-,41?,42?/m1/s1. The first kappa shape index (κ1) is 38.5. The molecule has 51 heavy (non-hydrogen) atoms. The first-order valence-corrected chi connectivity index (χ1v) is 20.7. The van der Waals surface area contributed by atoms with Gasteiger partial charge in [0.1, 0.15) is 6.10 Å². The zero-order valence-corrected chi connectivity index (χ0v) is 33.1. The van der Waals surface area contributed by atoms with Crippen LogP contribution in [0.4, 0.5) is 0 Å². The van der Waals surface area contributed by atoms with Gasteiger partial charge in [-0.3, -0.25) is 4.79 Å². The minimum atomic E-state index is -1.24. The summed E-state index contributed by atoms with van der Waals surface area (Å²) in [5, 5.41) is 33.6. The smallest absolute Gasteiger partial charge is 0.223 e. The Bertz CT molecular complexity index is 1280. The Morgan fingerprint density at radius 3 is 2.35 bits per heavy atom. The third-order valence-corrected chi connectivity index (χ3v) is 17.4. The average molecular weight is 718 g/mol. The van der Waals surface area contributed by atoms with Crippen molar-refractivity contribution in [3.05, 3.63) is 0 Å². The summed E-state index contributed by atoms with van der Waals surface area (Å²) in [6.45, 7) is 18.6. The monoisotopic (exact) mass is 718 g/mol. The molecule has 1 amide bonds. The number of aliphatic hydroxyl groups is 3. The highest BCUT2D eigenvalue weighted by molar-refractivity contribution is 5.76. The molecule has 2 aliphatic heterocycles. The van der Waals surface area contributed by atoms with Crippen LogP contribution in [0.15, 0.2) is 0 Å². The van der Waals surface area contributed by atoms with Crippen LogP contribution in [0, 0.1) is 56.7 Å². The van der Waals surface area contributed by atoms with E-state index in [9.17, 15) is 20.1 Å². The van der Waals surface area contributed by atoms with Gasteiger partial charge in [0.05, 0.1) is 37.1 Å². The van der Waals surface area contributed by atoms with E-state index in [0.717, 1.165) is 51.7 Å². The van der Waals surface area contributed by atoms with Gasteiger partial charge in [-0.2, -0.15) is 0 Å². The van der Waals surface area contributed by atoms with E-state index in [1.165, 1.54) is 25.7 Å². The molecule has 9 nitrogen and oxygen atoms in total. The van der Waals surface area contributed by atoms with Crippen molar-refractivity contribution in [3.8, 4) is 0 Å². The van der Waals surface area contributed by atoms with Crippen molar-refractivity contribution in [2.45, 2.75) is 162 Å². The van der Waals surface area contributed by atoms with Crippen molar-refractivity contribution < 1.29 is 39.1 Å². The summed E-state index contributed by atoms with van der Waals surface area (Å²) in [4.78, 5) is 15.2. The van der Waals surface area contributed by atoms with E-state index in [2.05, 4.69) is 34.6 Å². The zero-order valence-electron chi connectivity index (χ0n) is 33.1. The Morgan fingerprint density at radius 2 is 1.67 bits per heavy atom. The molecule has 7 fully saturated rings. The van der Waals surface area contributed by atoms with Crippen molar-refractivity contribution in [3.63, 3.8) is 0 Å². The fourth-order valence-corrected chi connectivity index (χ4v) is 14.3. The number of carbonyl (C=O) groups excluding carboxylic acids is 1. The number of aliphatic hydroxyl groups excluding tert-OH is 2. The van der Waals surface area contributed by atoms with Gasteiger partial charge in [-0.15, -0.1) is 0 Å².